The maximum absolute atomic E-state index is 12.1. The highest BCUT2D eigenvalue weighted by molar-refractivity contribution is 5.82. The molecule has 2 aliphatic heterocycles. The number of carbonyl (C=O) groups is 2. The smallest absolute Gasteiger partial charge is 0.329 e. The van der Waals surface area contributed by atoms with E-state index in [2.05, 4.69) is 5.32 Å². The zero-order chi connectivity index (χ0) is 13.8. The lowest BCUT2D eigenvalue weighted by atomic mass is 10.1. The molecule has 2 rings (SSSR count). The van der Waals surface area contributed by atoms with Gasteiger partial charge in [0.05, 0.1) is 18.2 Å². The number of carboxylic acid groups (broad SMARTS) is 1. The van der Waals surface area contributed by atoms with Gasteiger partial charge in [0.15, 0.2) is 0 Å². The second-order valence-electron chi connectivity index (χ2n) is 5.08. The van der Waals surface area contributed by atoms with E-state index in [0.717, 1.165) is 0 Å². The molecule has 2 heterocycles. The number of carboxylic acids is 1. The molecule has 2 atom stereocenters. The molecular weight excluding hydrogens is 252 g/mol. The number of rotatable bonds is 4. The first-order valence-corrected chi connectivity index (χ1v) is 6.60. The lowest BCUT2D eigenvalue weighted by Crippen LogP contribution is -2.48. The number of amides is 1. The van der Waals surface area contributed by atoms with Crippen molar-refractivity contribution in [2.45, 2.75) is 37.5 Å². The van der Waals surface area contributed by atoms with E-state index in [-0.39, 0.29) is 24.7 Å². The second kappa shape index (κ2) is 6.31. The molecule has 0 bridgehead atoms. The average Bonchev–Trinajstić information content (AvgIpc) is 2.83. The summed E-state index contributed by atoms with van der Waals surface area (Å²) < 4.78 is 5.22. The molecule has 0 aromatic carbocycles. The molecule has 0 unspecified atom stereocenters. The molecule has 2 aliphatic rings. The fourth-order valence-corrected chi connectivity index (χ4v) is 2.56. The third-order valence-electron chi connectivity index (χ3n) is 3.60. The number of nitrogens with zero attached hydrogens (tertiary/aromatic N) is 1. The molecule has 19 heavy (non-hydrogen) atoms. The number of hydrogen-bond acceptors (Lipinski definition) is 5. The predicted molar refractivity (Wildman–Crippen MR) is 65.6 cm³/mol. The average molecular weight is 272 g/mol. The van der Waals surface area contributed by atoms with Crippen molar-refractivity contribution >= 4 is 11.9 Å². The number of aliphatic hydroxyl groups is 1. The number of ether oxygens (including phenoxy) is 1. The van der Waals surface area contributed by atoms with Crippen LogP contribution in [0.25, 0.3) is 0 Å². The monoisotopic (exact) mass is 272 g/mol. The SMILES string of the molecule is O=C(O)COC1CCN(C(=O)[C@@H]2C[C@@H](O)CN2)CC1. The van der Waals surface area contributed by atoms with Crippen LogP contribution < -0.4 is 5.32 Å². The van der Waals surface area contributed by atoms with Gasteiger partial charge in [0.25, 0.3) is 0 Å². The Labute approximate surface area is 111 Å². The molecule has 2 saturated heterocycles. The Morgan fingerprint density at radius 2 is 2.00 bits per heavy atom. The van der Waals surface area contributed by atoms with Crippen LogP contribution in [0.15, 0.2) is 0 Å². The van der Waals surface area contributed by atoms with Gasteiger partial charge in [0.2, 0.25) is 5.91 Å². The quantitative estimate of drug-likeness (QED) is 0.594. The minimum Gasteiger partial charge on any atom is -0.480 e. The molecule has 3 N–H and O–H groups in total. The number of piperidine rings is 1. The fourth-order valence-electron chi connectivity index (χ4n) is 2.56. The Kier molecular flexibility index (Phi) is 4.73. The molecular formula is C12H20N2O5. The summed E-state index contributed by atoms with van der Waals surface area (Å²) in [5, 5.41) is 20.9. The van der Waals surface area contributed by atoms with Crippen molar-refractivity contribution in [3.05, 3.63) is 0 Å². The summed E-state index contributed by atoms with van der Waals surface area (Å²) in [5.41, 5.74) is 0. The molecule has 108 valence electrons. The molecule has 0 aliphatic carbocycles. The zero-order valence-electron chi connectivity index (χ0n) is 10.7. The third kappa shape index (κ3) is 3.89. The van der Waals surface area contributed by atoms with Crippen LogP contribution in [-0.2, 0) is 14.3 Å². The van der Waals surface area contributed by atoms with Gasteiger partial charge in [-0.05, 0) is 19.3 Å². The molecule has 2 fully saturated rings. The van der Waals surface area contributed by atoms with E-state index < -0.39 is 12.1 Å². The summed E-state index contributed by atoms with van der Waals surface area (Å²) in [4.78, 5) is 24.3. The van der Waals surface area contributed by atoms with Crippen molar-refractivity contribution in [1.82, 2.24) is 10.2 Å². The summed E-state index contributed by atoms with van der Waals surface area (Å²) in [6, 6.07) is -0.286. The van der Waals surface area contributed by atoms with E-state index in [4.69, 9.17) is 9.84 Å². The topological polar surface area (TPSA) is 99.1 Å². The highest BCUT2D eigenvalue weighted by Gasteiger charge is 2.33. The van der Waals surface area contributed by atoms with Gasteiger partial charge in [-0.15, -0.1) is 0 Å². The van der Waals surface area contributed by atoms with Crippen molar-refractivity contribution in [3.63, 3.8) is 0 Å². The maximum Gasteiger partial charge on any atom is 0.329 e. The molecule has 0 aromatic rings. The molecule has 0 aromatic heterocycles. The molecule has 7 heteroatoms. The first-order valence-electron chi connectivity index (χ1n) is 6.60. The van der Waals surface area contributed by atoms with E-state index >= 15 is 0 Å². The van der Waals surface area contributed by atoms with Gasteiger partial charge in [-0.1, -0.05) is 0 Å². The Morgan fingerprint density at radius 3 is 2.53 bits per heavy atom. The Balaban J connectivity index is 1.73. The first-order chi connectivity index (χ1) is 9.06. The van der Waals surface area contributed by atoms with Crippen LogP contribution in [-0.4, -0.2) is 71.5 Å². The zero-order valence-corrected chi connectivity index (χ0v) is 10.7. The molecule has 1 amide bonds. The summed E-state index contributed by atoms with van der Waals surface area (Å²) in [7, 11) is 0. The van der Waals surface area contributed by atoms with Crippen molar-refractivity contribution in [3.8, 4) is 0 Å². The van der Waals surface area contributed by atoms with Crippen molar-refractivity contribution in [2.24, 2.45) is 0 Å². The van der Waals surface area contributed by atoms with Gasteiger partial charge in [-0.25, -0.2) is 4.79 Å². The van der Waals surface area contributed by atoms with E-state index in [1.54, 1.807) is 4.90 Å². The number of nitrogens with one attached hydrogen (secondary N) is 1. The highest BCUT2D eigenvalue weighted by atomic mass is 16.5. The van der Waals surface area contributed by atoms with Crippen LogP contribution in [0.1, 0.15) is 19.3 Å². The van der Waals surface area contributed by atoms with Crippen LogP contribution in [0.4, 0.5) is 0 Å². The van der Waals surface area contributed by atoms with Crippen LogP contribution in [0.2, 0.25) is 0 Å². The minimum atomic E-state index is -0.970. The molecule has 0 saturated carbocycles. The van der Waals surface area contributed by atoms with Gasteiger partial charge in [0.1, 0.15) is 6.61 Å². The molecule has 0 radical (unpaired) electrons. The summed E-state index contributed by atoms with van der Waals surface area (Å²) in [6.07, 6.45) is 1.27. The van der Waals surface area contributed by atoms with Crippen molar-refractivity contribution < 1.29 is 24.5 Å². The largest absolute Gasteiger partial charge is 0.480 e. The number of β-amino-alcohol motifs (C(OH)–C–C–N with tert-alkyl or cyclic N) is 1. The Morgan fingerprint density at radius 1 is 1.32 bits per heavy atom. The minimum absolute atomic E-state index is 0.0215. The van der Waals surface area contributed by atoms with Crippen LogP contribution in [0.3, 0.4) is 0 Å². The van der Waals surface area contributed by atoms with Crippen LogP contribution in [0.5, 0.6) is 0 Å². The normalized spacial score (nSPS) is 28.6. The van der Waals surface area contributed by atoms with Crippen molar-refractivity contribution in [2.75, 3.05) is 26.2 Å². The standard InChI is InChI=1S/C12H20N2O5/c15-8-5-10(13-6-8)12(18)14-3-1-9(2-4-14)19-7-11(16)17/h8-10,13,15H,1-7H2,(H,16,17)/t8-,10+/m1/s1. The van der Waals surface area contributed by atoms with Gasteiger partial charge >= 0.3 is 5.97 Å². The summed E-state index contributed by atoms with van der Waals surface area (Å²) in [6.45, 7) is 1.35. The van der Waals surface area contributed by atoms with E-state index in [1.165, 1.54) is 0 Å². The summed E-state index contributed by atoms with van der Waals surface area (Å²) >= 11 is 0. The first kappa shape index (κ1) is 14.2. The third-order valence-corrected chi connectivity index (χ3v) is 3.60. The Bertz CT molecular complexity index is 341. The van der Waals surface area contributed by atoms with E-state index in [1.807, 2.05) is 0 Å². The highest BCUT2D eigenvalue weighted by Crippen LogP contribution is 2.17. The van der Waals surface area contributed by atoms with Crippen LogP contribution in [0, 0.1) is 0 Å². The van der Waals surface area contributed by atoms with Gasteiger partial charge in [-0.3, -0.25) is 4.79 Å². The fraction of sp³-hybridized carbons (Fsp3) is 0.833. The molecule has 7 nitrogen and oxygen atoms in total. The number of aliphatic carboxylic acids is 1. The second-order valence-corrected chi connectivity index (χ2v) is 5.08. The summed E-state index contributed by atoms with van der Waals surface area (Å²) in [5.74, 6) is -0.948. The van der Waals surface area contributed by atoms with E-state index in [9.17, 15) is 14.7 Å². The number of aliphatic hydroxyl groups excluding tert-OH is 1. The lowest BCUT2D eigenvalue weighted by molar-refractivity contribution is -0.147. The van der Waals surface area contributed by atoms with Gasteiger partial charge < -0.3 is 25.2 Å². The lowest BCUT2D eigenvalue weighted by Gasteiger charge is -2.33. The van der Waals surface area contributed by atoms with Crippen LogP contribution >= 0.6 is 0 Å². The number of carbonyl (C=O) groups excluding carboxylic acids is 1. The maximum atomic E-state index is 12.1. The number of hydrogen-bond donors (Lipinski definition) is 3. The molecule has 0 spiro atoms. The Hall–Kier alpha value is -1.18. The van der Waals surface area contributed by atoms with Crippen molar-refractivity contribution in [1.29, 1.82) is 0 Å². The predicted octanol–water partition coefficient (Wildman–Crippen LogP) is -1.20. The van der Waals surface area contributed by atoms with Gasteiger partial charge in [-0.2, -0.15) is 0 Å². The van der Waals surface area contributed by atoms with E-state index in [0.29, 0.717) is 38.9 Å². The number of likely N-dealkylation sites (tertiary alicyclic amines) is 1. The van der Waals surface area contributed by atoms with Gasteiger partial charge in [0, 0.05) is 19.6 Å².